The van der Waals surface area contributed by atoms with Gasteiger partial charge in [-0.2, -0.15) is 0 Å². The van der Waals surface area contributed by atoms with Crippen LogP contribution < -0.4 is 5.32 Å². The minimum atomic E-state index is -0.437. The van der Waals surface area contributed by atoms with E-state index < -0.39 is 11.7 Å². The molecule has 2 amide bonds. The van der Waals surface area contributed by atoms with Gasteiger partial charge in [0.05, 0.1) is 6.54 Å². The van der Waals surface area contributed by atoms with Crippen molar-refractivity contribution < 1.29 is 14.0 Å². The number of alkyl halides is 1. The molecule has 1 aromatic rings. The van der Waals surface area contributed by atoms with Crippen LogP contribution >= 0.6 is 11.6 Å². The second-order valence-corrected chi connectivity index (χ2v) is 3.71. The molecule has 17 heavy (non-hydrogen) atoms. The van der Waals surface area contributed by atoms with E-state index in [1.165, 1.54) is 30.1 Å². The van der Waals surface area contributed by atoms with Gasteiger partial charge in [-0.3, -0.25) is 9.59 Å². The van der Waals surface area contributed by atoms with Crippen molar-refractivity contribution >= 4 is 29.1 Å². The number of rotatable bonds is 4. The van der Waals surface area contributed by atoms with E-state index in [-0.39, 0.29) is 18.3 Å². The summed E-state index contributed by atoms with van der Waals surface area (Å²) in [5.41, 5.74) is 0.349. The van der Waals surface area contributed by atoms with Crippen molar-refractivity contribution in [1.82, 2.24) is 4.90 Å². The van der Waals surface area contributed by atoms with E-state index in [9.17, 15) is 14.0 Å². The summed E-state index contributed by atoms with van der Waals surface area (Å²) < 4.78 is 12.8. The summed E-state index contributed by atoms with van der Waals surface area (Å²) in [6, 6.07) is 5.52. The summed E-state index contributed by atoms with van der Waals surface area (Å²) in [6.45, 7) is -0.123. The van der Waals surface area contributed by atoms with Crippen LogP contribution in [0.4, 0.5) is 10.1 Å². The molecule has 0 unspecified atom stereocenters. The fourth-order valence-electron chi connectivity index (χ4n) is 1.17. The molecular weight excluding hydrogens is 247 g/mol. The van der Waals surface area contributed by atoms with Crippen LogP contribution in [0.5, 0.6) is 0 Å². The van der Waals surface area contributed by atoms with Crippen LogP contribution in [-0.4, -0.2) is 36.2 Å². The fraction of sp³-hybridized carbons (Fsp3) is 0.273. The molecule has 0 aliphatic rings. The molecule has 0 bridgehead atoms. The van der Waals surface area contributed by atoms with E-state index in [1.54, 1.807) is 6.07 Å². The molecule has 0 radical (unpaired) electrons. The van der Waals surface area contributed by atoms with Crippen molar-refractivity contribution in [2.75, 3.05) is 24.8 Å². The number of anilines is 1. The van der Waals surface area contributed by atoms with Crippen molar-refractivity contribution in [3.8, 4) is 0 Å². The third-order valence-electron chi connectivity index (χ3n) is 2.03. The lowest BCUT2D eigenvalue weighted by Gasteiger charge is -2.15. The zero-order valence-electron chi connectivity index (χ0n) is 9.24. The first-order valence-corrected chi connectivity index (χ1v) is 5.41. The first kappa shape index (κ1) is 13.4. The number of nitrogens with one attached hydrogen (secondary N) is 1. The second-order valence-electron chi connectivity index (χ2n) is 3.44. The Kier molecular flexibility index (Phi) is 4.90. The van der Waals surface area contributed by atoms with Crippen LogP contribution in [-0.2, 0) is 9.59 Å². The van der Waals surface area contributed by atoms with Crippen LogP contribution in [0.2, 0.25) is 0 Å². The van der Waals surface area contributed by atoms with Crippen molar-refractivity contribution in [1.29, 1.82) is 0 Å². The Morgan fingerprint density at radius 1 is 1.47 bits per heavy atom. The number of amides is 2. The molecule has 0 saturated heterocycles. The summed E-state index contributed by atoms with van der Waals surface area (Å²) in [7, 11) is 1.47. The van der Waals surface area contributed by atoms with Crippen molar-refractivity contribution in [3.63, 3.8) is 0 Å². The van der Waals surface area contributed by atoms with Gasteiger partial charge in [-0.1, -0.05) is 6.07 Å². The third-order valence-corrected chi connectivity index (χ3v) is 2.26. The van der Waals surface area contributed by atoms with Crippen LogP contribution in [0.3, 0.4) is 0 Å². The van der Waals surface area contributed by atoms with E-state index in [1.807, 2.05) is 0 Å². The fourth-order valence-corrected chi connectivity index (χ4v) is 1.38. The Morgan fingerprint density at radius 2 is 2.18 bits per heavy atom. The molecule has 1 rings (SSSR count). The molecular formula is C11H12ClFN2O2. The van der Waals surface area contributed by atoms with Crippen molar-refractivity contribution in [3.05, 3.63) is 30.1 Å². The zero-order chi connectivity index (χ0) is 12.8. The minimum Gasteiger partial charge on any atom is -0.335 e. The van der Waals surface area contributed by atoms with Crippen LogP contribution in [0.1, 0.15) is 0 Å². The molecule has 4 nitrogen and oxygen atoms in total. The molecule has 0 spiro atoms. The van der Waals surface area contributed by atoms with Gasteiger partial charge in [0.2, 0.25) is 11.8 Å². The molecule has 0 fully saturated rings. The van der Waals surface area contributed by atoms with Gasteiger partial charge < -0.3 is 10.2 Å². The Hall–Kier alpha value is -1.62. The maximum absolute atomic E-state index is 12.8. The summed E-state index contributed by atoms with van der Waals surface area (Å²) in [6.07, 6.45) is 0. The van der Waals surface area contributed by atoms with Crippen molar-refractivity contribution in [2.45, 2.75) is 0 Å². The van der Waals surface area contributed by atoms with E-state index in [4.69, 9.17) is 11.6 Å². The van der Waals surface area contributed by atoms with Gasteiger partial charge in [0.25, 0.3) is 0 Å². The van der Waals surface area contributed by atoms with Gasteiger partial charge in [-0.05, 0) is 18.2 Å². The average molecular weight is 259 g/mol. The summed E-state index contributed by atoms with van der Waals surface area (Å²) in [5.74, 6) is -1.37. The number of carbonyl (C=O) groups excluding carboxylic acids is 2. The maximum Gasteiger partial charge on any atom is 0.243 e. The molecule has 0 atom stereocenters. The predicted octanol–water partition coefficient (Wildman–Crippen LogP) is 1.46. The van der Waals surface area contributed by atoms with Gasteiger partial charge in [0, 0.05) is 12.7 Å². The quantitative estimate of drug-likeness (QED) is 0.832. The first-order chi connectivity index (χ1) is 8.02. The van der Waals surface area contributed by atoms with Crippen LogP contribution in [0, 0.1) is 5.82 Å². The number of likely N-dealkylation sites (N-methyl/N-ethyl adjacent to an activating group) is 1. The second kappa shape index (κ2) is 6.20. The molecule has 1 aromatic carbocycles. The summed E-state index contributed by atoms with van der Waals surface area (Å²) in [4.78, 5) is 23.8. The van der Waals surface area contributed by atoms with Crippen LogP contribution in [0.15, 0.2) is 24.3 Å². The number of nitrogens with zero attached hydrogens (tertiary/aromatic N) is 1. The highest BCUT2D eigenvalue weighted by Crippen LogP contribution is 2.08. The van der Waals surface area contributed by atoms with Gasteiger partial charge in [-0.25, -0.2) is 4.39 Å². The van der Waals surface area contributed by atoms with Gasteiger partial charge in [0.15, 0.2) is 0 Å². The Morgan fingerprint density at radius 3 is 2.76 bits per heavy atom. The summed E-state index contributed by atoms with van der Waals surface area (Å²) in [5, 5.41) is 2.48. The average Bonchev–Trinajstić information content (AvgIpc) is 2.27. The third kappa shape index (κ3) is 4.40. The molecule has 0 saturated carbocycles. The van der Waals surface area contributed by atoms with E-state index in [2.05, 4.69) is 5.32 Å². The molecule has 0 aliphatic carbocycles. The lowest BCUT2D eigenvalue weighted by Crippen LogP contribution is -2.35. The Bertz CT molecular complexity index is 426. The summed E-state index contributed by atoms with van der Waals surface area (Å²) >= 11 is 5.34. The van der Waals surface area contributed by atoms with Gasteiger partial charge in [-0.15, -0.1) is 11.6 Å². The monoisotopic (exact) mass is 258 g/mol. The highest BCUT2D eigenvalue weighted by atomic mass is 35.5. The predicted molar refractivity (Wildman–Crippen MR) is 63.4 cm³/mol. The van der Waals surface area contributed by atoms with Gasteiger partial charge >= 0.3 is 0 Å². The molecule has 0 heterocycles. The highest BCUT2D eigenvalue weighted by molar-refractivity contribution is 6.27. The molecule has 0 aromatic heterocycles. The Balaban J connectivity index is 2.53. The minimum absolute atomic E-state index is 0.123. The highest BCUT2D eigenvalue weighted by Gasteiger charge is 2.11. The SMILES string of the molecule is CN(CC(=O)Nc1cccc(F)c1)C(=O)CCl. The molecule has 0 aliphatic heterocycles. The lowest BCUT2D eigenvalue weighted by molar-refractivity contribution is -0.131. The van der Waals surface area contributed by atoms with Crippen LogP contribution in [0.25, 0.3) is 0 Å². The molecule has 6 heteroatoms. The largest absolute Gasteiger partial charge is 0.335 e. The molecule has 1 N–H and O–H groups in total. The van der Waals surface area contributed by atoms with E-state index in [0.29, 0.717) is 5.69 Å². The van der Waals surface area contributed by atoms with E-state index >= 15 is 0 Å². The standard InChI is InChI=1S/C11H12ClFN2O2/c1-15(11(17)6-12)7-10(16)14-9-4-2-3-8(13)5-9/h2-5H,6-7H2,1H3,(H,14,16). The number of hydrogen-bond donors (Lipinski definition) is 1. The number of carbonyl (C=O) groups is 2. The Labute approximate surface area is 103 Å². The van der Waals surface area contributed by atoms with E-state index in [0.717, 1.165) is 0 Å². The van der Waals surface area contributed by atoms with Crippen molar-refractivity contribution in [2.24, 2.45) is 0 Å². The zero-order valence-corrected chi connectivity index (χ0v) is 10.00. The smallest absolute Gasteiger partial charge is 0.243 e. The topological polar surface area (TPSA) is 49.4 Å². The molecule has 92 valence electrons. The number of halogens is 2. The number of benzene rings is 1. The van der Waals surface area contributed by atoms with Gasteiger partial charge in [0.1, 0.15) is 11.7 Å². The maximum atomic E-state index is 12.8. The first-order valence-electron chi connectivity index (χ1n) is 4.88. The normalized spacial score (nSPS) is 9.82. The lowest BCUT2D eigenvalue weighted by atomic mass is 10.3. The number of hydrogen-bond acceptors (Lipinski definition) is 2.